The third-order valence-electron chi connectivity index (χ3n) is 2.26. The highest BCUT2D eigenvalue weighted by molar-refractivity contribution is 5.55. The third kappa shape index (κ3) is 2.79. The molecule has 86 valence electrons. The Morgan fingerprint density at radius 2 is 2.31 bits per heavy atom. The Labute approximate surface area is 93.9 Å². The van der Waals surface area contributed by atoms with Gasteiger partial charge in [0.25, 0.3) is 0 Å². The van der Waals surface area contributed by atoms with Gasteiger partial charge in [-0.25, -0.2) is 4.98 Å². The summed E-state index contributed by atoms with van der Waals surface area (Å²) in [6.07, 6.45) is 3.11. The largest absolute Gasteiger partial charge is 0.481 e. The summed E-state index contributed by atoms with van der Waals surface area (Å²) in [4.78, 5) is 14.0. The van der Waals surface area contributed by atoms with Gasteiger partial charge in [0.05, 0.1) is 12.0 Å². The summed E-state index contributed by atoms with van der Waals surface area (Å²) < 4.78 is 5.07. The van der Waals surface area contributed by atoms with Crippen molar-refractivity contribution in [1.82, 2.24) is 4.98 Å². The molecule has 5 heteroatoms. The summed E-state index contributed by atoms with van der Waals surface area (Å²) in [7, 11) is 1.50. The van der Waals surface area contributed by atoms with E-state index in [-0.39, 0.29) is 0 Å². The van der Waals surface area contributed by atoms with Crippen LogP contribution in [-0.2, 0) is 6.42 Å². The molecule has 5 nitrogen and oxygen atoms in total. The summed E-state index contributed by atoms with van der Waals surface area (Å²) in [6, 6.07) is 1.86. The molecule has 0 N–H and O–H groups in total. The smallest absolute Gasteiger partial charge is 0.235 e. The molecule has 0 saturated carbocycles. The molecule has 0 saturated heterocycles. The zero-order valence-corrected chi connectivity index (χ0v) is 9.56. The maximum absolute atomic E-state index is 10.3. The number of ether oxygens (including phenoxy) is 1. The molecule has 0 unspecified atom stereocenters. The molecule has 0 aliphatic heterocycles. The average molecular weight is 222 g/mol. The Bertz CT molecular complexity index is 427. The summed E-state index contributed by atoms with van der Waals surface area (Å²) in [5.74, 6) is 0.410. The van der Waals surface area contributed by atoms with Gasteiger partial charge in [-0.1, -0.05) is 6.92 Å². The van der Waals surface area contributed by atoms with E-state index >= 15 is 0 Å². The van der Waals surface area contributed by atoms with Gasteiger partial charge < -0.3 is 4.74 Å². The van der Waals surface area contributed by atoms with Crippen LogP contribution in [-0.4, -0.2) is 17.0 Å². The van der Waals surface area contributed by atoms with Gasteiger partial charge in [0.2, 0.25) is 12.1 Å². The molecule has 0 aliphatic carbocycles. The zero-order chi connectivity index (χ0) is 12.1. The Hall–Kier alpha value is -1.91. The molecule has 16 heavy (non-hydrogen) atoms. The van der Waals surface area contributed by atoms with Crippen LogP contribution in [0.5, 0.6) is 5.88 Å². The number of nitrogens with zero attached hydrogens (tertiary/aromatic N) is 2. The lowest BCUT2D eigenvalue weighted by atomic mass is 10.1. The highest BCUT2D eigenvalue weighted by atomic mass is 16.6. The number of hydrogen-bond acceptors (Lipinski definition) is 4. The fourth-order valence-corrected chi connectivity index (χ4v) is 1.42. The van der Waals surface area contributed by atoms with Crippen molar-refractivity contribution in [3.8, 4) is 5.88 Å². The van der Waals surface area contributed by atoms with Crippen LogP contribution < -0.4 is 4.74 Å². The molecule has 0 bridgehead atoms. The molecule has 0 atom stereocenters. The normalized spacial score (nSPS) is 10.7. The predicted octanol–water partition coefficient (Wildman–Crippen LogP) is 2.21. The number of nitro groups is 1. The number of aromatic nitrogens is 1. The van der Waals surface area contributed by atoms with Gasteiger partial charge in [0.15, 0.2) is 0 Å². The van der Waals surface area contributed by atoms with E-state index in [2.05, 4.69) is 4.98 Å². The van der Waals surface area contributed by atoms with E-state index in [1.54, 1.807) is 0 Å². The average Bonchev–Trinajstić information content (AvgIpc) is 2.26. The minimum atomic E-state index is -0.509. The topological polar surface area (TPSA) is 65.3 Å². The fourth-order valence-electron chi connectivity index (χ4n) is 1.42. The first-order chi connectivity index (χ1) is 7.58. The van der Waals surface area contributed by atoms with Crippen molar-refractivity contribution in [1.29, 1.82) is 0 Å². The standard InChI is InChI=1S/C11H14N2O3/c1-4-9-7-10(5-6-13(14)15)11(16-3)12-8(9)2/h5-7H,4H2,1-3H3. The van der Waals surface area contributed by atoms with Crippen molar-refractivity contribution in [3.63, 3.8) is 0 Å². The van der Waals surface area contributed by atoms with E-state index in [9.17, 15) is 10.1 Å². The molecule has 1 heterocycles. The Morgan fingerprint density at radius 1 is 1.62 bits per heavy atom. The maximum Gasteiger partial charge on any atom is 0.235 e. The van der Waals surface area contributed by atoms with Crippen LogP contribution in [0.4, 0.5) is 0 Å². The lowest BCUT2D eigenvalue weighted by Crippen LogP contribution is -1.98. The van der Waals surface area contributed by atoms with Gasteiger partial charge >= 0.3 is 0 Å². The molecule has 0 spiro atoms. The Kier molecular flexibility index (Phi) is 3.99. The van der Waals surface area contributed by atoms with Gasteiger partial charge in [-0.2, -0.15) is 0 Å². The molecule has 1 aromatic rings. The second-order valence-electron chi connectivity index (χ2n) is 3.29. The van der Waals surface area contributed by atoms with E-state index in [0.29, 0.717) is 11.4 Å². The molecule has 0 amide bonds. The van der Waals surface area contributed by atoms with E-state index in [1.807, 2.05) is 19.9 Å². The van der Waals surface area contributed by atoms with Gasteiger partial charge in [-0.15, -0.1) is 0 Å². The molecular weight excluding hydrogens is 208 g/mol. The molecule has 0 fully saturated rings. The summed E-state index contributed by atoms with van der Waals surface area (Å²) in [5, 5.41) is 10.3. The minimum absolute atomic E-state index is 0.410. The van der Waals surface area contributed by atoms with Gasteiger partial charge in [0.1, 0.15) is 0 Å². The first-order valence-corrected chi connectivity index (χ1v) is 4.94. The van der Waals surface area contributed by atoms with E-state index in [4.69, 9.17) is 4.74 Å². The van der Waals surface area contributed by atoms with Gasteiger partial charge in [-0.3, -0.25) is 10.1 Å². The van der Waals surface area contributed by atoms with E-state index in [0.717, 1.165) is 23.9 Å². The summed E-state index contributed by atoms with van der Waals surface area (Å²) >= 11 is 0. The first-order valence-electron chi connectivity index (χ1n) is 4.94. The summed E-state index contributed by atoms with van der Waals surface area (Å²) in [5.41, 5.74) is 2.57. The van der Waals surface area contributed by atoms with Gasteiger partial charge in [0, 0.05) is 17.3 Å². The first kappa shape index (κ1) is 12.2. The molecular formula is C11H14N2O3. The Morgan fingerprint density at radius 3 is 2.81 bits per heavy atom. The van der Waals surface area contributed by atoms with Crippen LogP contribution in [0.3, 0.4) is 0 Å². The number of pyridine rings is 1. The number of rotatable bonds is 4. The quantitative estimate of drug-likeness (QED) is 0.578. The van der Waals surface area contributed by atoms with Gasteiger partial charge in [-0.05, 0) is 25.0 Å². The number of hydrogen-bond donors (Lipinski definition) is 0. The van der Waals surface area contributed by atoms with Crippen LogP contribution in [0, 0.1) is 17.0 Å². The lowest BCUT2D eigenvalue weighted by Gasteiger charge is -2.08. The molecule has 0 aromatic carbocycles. The maximum atomic E-state index is 10.3. The van der Waals surface area contributed by atoms with Crippen molar-refractivity contribution in [2.24, 2.45) is 0 Å². The highest BCUT2D eigenvalue weighted by Crippen LogP contribution is 2.21. The molecule has 1 rings (SSSR count). The number of aryl methyl sites for hydroxylation is 2. The van der Waals surface area contributed by atoms with Crippen LogP contribution in [0.2, 0.25) is 0 Å². The predicted molar refractivity (Wildman–Crippen MR) is 60.9 cm³/mol. The van der Waals surface area contributed by atoms with Crippen LogP contribution in [0.15, 0.2) is 12.3 Å². The second kappa shape index (κ2) is 5.25. The van der Waals surface area contributed by atoms with E-state index < -0.39 is 4.92 Å². The third-order valence-corrected chi connectivity index (χ3v) is 2.26. The molecule has 0 aliphatic rings. The van der Waals surface area contributed by atoms with Crippen LogP contribution >= 0.6 is 0 Å². The Balaban J connectivity index is 3.19. The van der Waals surface area contributed by atoms with Crippen molar-refractivity contribution in [2.75, 3.05) is 7.11 Å². The monoisotopic (exact) mass is 222 g/mol. The van der Waals surface area contributed by atoms with Crippen molar-refractivity contribution < 1.29 is 9.66 Å². The highest BCUT2D eigenvalue weighted by Gasteiger charge is 2.07. The molecule has 0 radical (unpaired) electrons. The van der Waals surface area contributed by atoms with Crippen LogP contribution in [0.25, 0.3) is 6.08 Å². The van der Waals surface area contributed by atoms with Crippen molar-refractivity contribution >= 4 is 6.08 Å². The SMILES string of the molecule is CCc1cc(C=C[N+](=O)[O-])c(OC)nc1C. The molecule has 1 aromatic heterocycles. The fraction of sp³-hybridized carbons (Fsp3) is 0.364. The lowest BCUT2D eigenvalue weighted by molar-refractivity contribution is -0.400. The van der Waals surface area contributed by atoms with E-state index in [1.165, 1.54) is 13.2 Å². The van der Waals surface area contributed by atoms with Crippen LogP contribution in [0.1, 0.15) is 23.7 Å². The van der Waals surface area contributed by atoms with Crippen molar-refractivity contribution in [3.05, 3.63) is 39.2 Å². The zero-order valence-electron chi connectivity index (χ0n) is 9.56. The summed E-state index contributed by atoms with van der Waals surface area (Å²) in [6.45, 7) is 3.90. The second-order valence-corrected chi connectivity index (χ2v) is 3.29. The number of methoxy groups -OCH3 is 1. The minimum Gasteiger partial charge on any atom is -0.481 e. The van der Waals surface area contributed by atoms with Crippen molar-refractivity contribution in [2.45, 2.75) is 20.3 Å².